The van der Waals surface area contributed by atoms with Gasteiger partial charge in [0.15, 0.2) is 23.2 Å². The molecule has 41 heavy (non-hydrogen) atoms. The van der Waals surface area contributed by atoms with Crippen molar-refractivity contribution in [2.45, 2.75) is 63.9 Å². The number of aliphatic hydroxyl groups excluding tert-OH is 1. The van der Waals surface area contributed by atoms with E-state index in [0.717, 1.165) is 6.08 Å². The number of hydrogen-bond donors (Lipinski definition) is 3. The Hall–Kier alpha value is -3.42. The van der Waals surface area contributed by atoms with Crippen molar-refractivity contribution in [3.05, 3.63) is 55.1 Å². The maximum atomic E-state index is 16.3. The Labute approximate surface area is 236 Å². The second-order valence-corrected chi connectivity index (χ2v) is 11.4. The Morgan fingerprint density at radius 3 is 2.66 bits per heavy atom. The number of hydrogen-bond acceptors (Lipinski definition) is 11. The van der Waals surface area contributed by atoms with Crippen molar-refractivity contribution in [1.82, 2.24) is 24.6 Å². The summed E-state index contributed by atoms with van der Waals surface area (Å²) in [6.07, 6.45) is -2.72. The van der Waals surface area contributed by atoms with E-state index in [0.29, 0.717) is 17.2 Å². The van der Waals surface area contributed by atoms with Gasteiger partial charge in [0.1, 0.15) is 29.8 Å². The summed E-state index contributed by atoms with van der Waals surface area (Å²) in [5, 5.41) is 16.5. The first-order valence-electron chi connectivity index (χ1n) is 12.9. The molecule has 13 nitrogen and oxygen atoms in total. The number of fused-ring (bicyclic) bond motifs is 1. The number of carbonyl (C=O) groups is 1. The predicted molar refractivity (Wildman–Crippen MR) is 148 cm³/mol. The normalized spacial score (nSPS) is 24.6. The topological polar surface area (TPSA) is 159 Å². The van der Waals surface area contributed by atoms with Crippen LogP contribution in [-0.2, 0) is 23.4 Å². The molecule has 3 heterocycles. The van der Waals surface area contributed by atoms with E-state index in [1.54, 1.807) is 58.2 Å². The number of benzene rings is 1. The largest absolute Gasteiger partial charge is 0.462 e. The molecule has 1 aromatic carbocycles. The first kappa shape index (κ1) is 30.5. The van der Waals surface area contributed by atoms with Crippen LogP contribution < -0.4 is 14.9 Å². The zero-order chi connectivity index (χ0) is 29.9. The molecule has 0 radical (unpaired) electrons. The average molecular weight is 593 g/mol. The molecule has 2 aromatic heterocycles. The number of imidazole rings is 1. The average Bonchev–Trinajstić information content (AvgIpc) is 3.45. The summed E-state index contributed by atoms with van der Waals surface area (Å²) < 4.78 is 53.8. The van der Waals surface area contributed by atoms with E-state index >= 15 is 4.39 Å². The molecule has 1 saturated heterocycles. The van der Waals surface area contributed by atoms with Gasteiger partial charge >= 0.3 is 13.7 Å². The quantitative estimate of drug-likeness (QED) is 0.160. The number of nitrogens with one attached hydrogen (secondary N) is 2. The summed E-state index contributed by atoms with van der Waals surface area (Å²) in [5.74, 6) is 0.338. The van der Waals surface area contributed by atoms with Crippen molar-refractivity contribution in [2.24, 2.45) is 0 Å². The van der Waals surface area contributed by atoms with Crippen molar-refractivity contribution in [3.63, 3.8) is 0 Å². The number of ether oxygens (including phenoxy) is 2. The summed E-state index contributed by atoms with van der Waals surface area (Å²) in [6, 6.07) is 7.05. The molecule has 0 saturated carbocycles. The molecule has 3 aromatic rings. The zero-order valence-electron chi connectivity index (χ0n) is 23.4. The standard InChI is InChI=1S/C26H34FN6O7P/c1-7-26(27)21(34)19(39-25(26)33-14-29-20-22(28-6)30-17(5)31-23(20)33)13-37-41(36,40-18-11-9-8-10-12-18)32-16(4)24(35)38-15(2)3/h7-12,14-16,19,21,25,34H,1,13H2,2-6H3,(H,32,36)(H,28,30,31)/t16-,19+,21+,25+,26+,41-/m0/s1. The molecule has 1 fully saturated rings. The summed E-state index contributed by atoms with van der Waals surface area (Å²) in [4.78, 5) is 25.4. The summed E-state index contributed by atoms with van der Waals surface area (Å²) in [5.41, 5.74) is -1.87. The first-order valence-corrected chi connectivity index (χ1v) is 14.5. The molecule has 0 spiro atoms. The van der Waals surface area contributed by atoms with Crippen molar-refractivity contribution in [1.29, 1.82) is 0 Å². The van der Waals surface area contributed by atoms with Crippen LogP contribution in [0.3, 0.4) is 0 Å². The number of aromatic nitrogens is 4. The highest BCUT2D eigenvalue weighted by molar-refractivity contribution is 7.52. The third-order valence-corrected chi connectivity index (χ3v) is 7.90. The number of carbonyl (C=O) groups excluding carboxylic acids is 1. The molecular weight excluding hydrogens is 558 g/mol. The van der Waals surface area contributed by atoms with Crippen LogP contribution in [0.15, 0.2) is 49.3 Å². The Kier molecular flexibility index (Phi) is 9.10. The molecule has 222 valence electrons. The summed E-state index contributed by atoms with van der Waals surface area (Å²) in [6.45, 7) is 9.44. The third kappa shape index (κ3) is 6.41. The minimum atomic E-state index is -4.30. The molecule has 0 bridgehead atoms. The number of halogens is 1. The van der Waals surface area contributed by atoms with E-state index in [-0.39, 0.29) is 11.4 Å². The predicted octanol–water partition coefficient (Wildman–Crippen LogP) is 3.46. The molecule has 0 unspecified atom stereocenters. The first-order chi connectivity index (χ1) is 19.4. The molecule has 1 aliphatic heterocycles. The Balaban J connectivity index is 1.59. The molecule has 15 heteroatoms. The van der Waals surface area contributed by atoms with E-state index in [4.69, 9.17) is 18.5 Å². The number of alkyl halides is 1. The van der Waals surface area contributed by atoms with Gasteiger partial charge in [-0.15, -0.1) is 0 Å². The van der Waals surface area contributed by atoms with Gasteiger partial charge in [0, 0.05) is 7.05 Å². The molecule has 4 rings (SSSR count). The highest BCUT2D eigenvalue weighted by Gasteiger charge is 2.57. The van der Waals surface area contributed by atoms with Crippen LogP contribution in [0.4, 0.5) is 10.2 Å². The number of para-hydroxylation sites is 1. The smallest absolute Gasteiger partial charge is 0.459 e. The summed E-state index contributed by atoms with van der Waals surface area (Å²) >= 11 is 0. The van der Waals surface area contributed by atoms with E-state index in [1.165, 1.54) is 17.8 Å². The van der Waals surface area contributed by atoms with Gasteiger partial charge in [-0.05, 0) is 45.9 Å². The number of anilines is 1. The van der Waals surface area contributed by atoms with Crippen LogP contribution in [0.1, 0.15) is 32.8 Å². The molecule has 0 aliphatic carbocycles. The maximum Gasteiger partial charge on any atom is 0.459 e. The van der Waals surface area contributed by atoms with Crippen LogP contribution in [0.25, 0.3) is 11.2 Å². The van der Waals surface area contributed by atoms with Crippen LogP contribution in [0.5, 0.6) is 5.75 Å². The van der Waals surface area contributed by atoms with E-state index in [2.05, 4.69) is 31.9 Å². The number of nitrogens with zero attached hydrogens (tertiary/aromatic N) is 4. The highest BCUT2D eigenvalue weighted by Crippen LogP contribution is 2.48. The van der Waals surface area contributed by atoms with Crippen LogP contribution >= 0.6 is 7.75 Å². The fourth-order valence-corrected chi connectivity index (χ4v) is 5.79. The van der Waals surface area contributed by atoms with Gasteiger partial charge in [-0.25, -0.2) is 23.9 Å². The number of esters is 1. The van der Waals surface area contributed by atoms with E-state index in [1.807, 2.05) is 0 Å². The minimum absolute atomic E-state index is 0.185. The molecule has 0 amide bonds. The van der Waals surface area contributed by atoms with Gasteiger partial charge in [-0.1, -0.05) is 24.8 Å². The van der Waals surface area contributed by atoms with Gasteiger partial charge in [-0.2, -0.15) is 5.09 Å². The second kappa shape index (κ2) is 12.2. The fraction of sp³-hybridized carbons (Fsp3) is 0.462. The van der Waals surface area contributed by atoms with Crippen LogP contribution in [-0.4, -0.2) is 74.3 Å². The number of aliphatic hydroxyl groups is 1. The maximum absolute atomic E-state index is 16.3. The Bertz CT molecular complexity index is 1440. The minimum Gasteiger partial charge on any atom is -0.462 e. The second-order valence-electron chi connectivity index (χ2n) is 9.73. The lowest BCUT2D eigenvalue weighted by Crippen LogP contribution is -2.42. The van der Waals surface area contributed by atoms with Gasteiger partial charge in [0.25, 0.3) is 0 Å². The van der Waals surface area contributed by atoms with Crippen molar-refractivity contribution < 1.29 is 37.4 Å². The lowest BCUT2D eigenvalue weighted by atomic mass is 9.96. The van der Waals surface area contributed by atoms with E-state index in [9.17, 15) is 14.5 Å². The van der Waals surface area contributed by atoms with Crippen molar-refractivity contribution >= 4 is 30.7 Å². The summed E-state index contributed by atoms with van der Waals surface area (Å²) in [7, 11) is -2.63. The van der Waals surface area contributed by atoms with Gasteiger partial charge in [0.2, 0.25) is 5.67 Å². The lowest BCUT2D eigenvalue weighted by molar-refractivity contribution is -0.149. The number of rotatable bonds is 12. The zero-order valence-corrected chi connectivity index (χ0v) is 24.2. The molecule has 6 atom stereocenters. The van der Waals surface area contributed by atoms with Crippen molar-refractivity contribution in [3.8, 4) is 5.75 Å². The highest BCUT2D eigenvalue weighted by atomic mass is 31.2. The van der Waals surface area contributed by atoms with Gasteiger partial charge in [-0.3, -0.25) is 13.9 Å². The van der Waals surface area contributed by atoms with Gasteiger partial charge < -0.3 is 24.4 Å². The van der Waals surface area contributed by atoms with Crippen molar-refractivity contribution in [2.75, 3.05) is 19.0 Å². The Morgan fingerprint density at radius 2 is 2.02 bits per heavy atom. The van der Waals surface area contributed by atoms with Crippen LogP contribution in [0.2, 0.25) is 0 Å². The number of aryl methyl sites for hydroxylation is 1. The Morgan fingerprint density at radius 1 is 1.32 bits per heavy atom. The van der Waals surface area contributed by atoms with E-state index < -0.39 is 56.6 Å². The van der Waals surface area contributed by atoms with Gasteiger partial charge in [0.05, 0.1) is 19.0 Å². The monoisotopic (exact) mass is 592 g/mol. The lowest BCUT2D eigenvalue weighted by Gasteiger charge is -2.26. The molecule has 1 aliphatic rings. The molecular formula is C26H34FN6O7P. The fourth-order valence-electron chi connectivity index (χ4n) is 4.28. The molecule has 3 N–H and O–H groups in total. The van der Waals surface area contributed by atoms with Crippen LogP contribution in [0, 0.1) is 6.92 Å². The third-order valence-electron chi connectivity index (χ3n) is 6.26. The SMILES string of the molecule is C=C[C@@]1(F)[C@H](O)[C@@H](CO[P@@](=O)(N[C@@H](C)C(=O)OC(C)C)Oc2ccccc2)O[C@H]1n1cnc2c(NC)nc(C)nc21.